The summed E-state index contributed by atoms with van der Waals surface area (Å²) in [4.78, 5) is 27.7. The van der Waals surface area contributed by atoms with Gasteiger partial charge in [0.05, 0.1) is 45.2 Å². The lowest BCUT2D eigenvalue weighted by atomic mass is 9.94. The number of hydrogen-bond acceptors (Lipinski definition) is 25. The fourth-order valence-corrected chi connectivity index (χ4v) is 8.16. The predicted octanol–water partition coefficient (Wildman–Crippen LogP) is -8.25. The van der Waals surface area contributed by atoms with Crippen molar-refractivity contribution in [2.24, 2.45) is 5.11 Å². The summed E-state index contributed by atoms with van der Waals surface area (Å²) in [6.45, 7) is -0.360. The standard InChI is InChI=1S/C36H61N5O24/c1-11-22(49)14(48)6-19(57-11)62-31-21(40-13(3)47)33(56-5-4-38-41-37)60-18(10-45)30(31)64-36-28(55)32(24(51)16(8-43)59-36)65-34-20(39-12(2)46)25(52)29(17(9-44)61-34)63-35-27(54)26(53)23(50)15(7-42)58-35/h11,14-36,42-45,48-55H,4-10H2,1-3H3,(H,39,46)(H,40,47)/t11-,14?,15?,16?,17?,18?,19?,20?,21?,22+,23+,24+,25-,26+,27?,28?,29+,30+,31-,32+,33-,34+,35+,36+/m1/s1. The van der Waals surface area contributed by atoms with E-state index >= 15 is 0 Å². The predicted molar refractivity (Wildman–Crippen MR) is 205 cm³/mol. The zero-order valence-electron chi connectivity index (χ0n) is 35.4. The summed E-state index contributed by atoms with van der Waals surface area (Å²) in [7, 11) is 0. The van der Waals surface area contributed by atoms with Gasteiger partial charge in [-0.3, -0.25) is 9.59 Å². The highest BCUT2D eigenvalue weighted by atomic mass is 16.8. The molecule has 0 aromatic heterocycles. The maximum atomic E-state index is 12.6. The topological polar surface area (TPSA) is 442 Å². The molecule has 374 valence electrons. The number of carbonyl (C=O) groups excluding carboxylic acids is 2. The third-order valence-corrected chi connectivity index (χ3v) is 11.5. The van der Waals surface area contributed by atoms with E-state index < -0.39 is 186 Å². The van der Waals surface area contributed by atoms with E-state index in [4.69, 9.17) is 52.9 Å². The van der Waals surface area contributed by atoms with Crippen molar-refractivity contribution < 1.29 is 118 Å². The highest BCUT2D eigenvalue weighted by molar-refractivity contribution is 5.73. The van der Waals surface area contributed by atoms with Crippen LogP contribution in [-0.4, -0.2) is 260 Å². The van der Waals surface area contributed by atoms with Crippen LogP contribution < -0.4 is 10.6 Å². The van der Waals surface area contributed by atoms with Gasteiger partial charge in [0, 0.05) is 31.7 Å². The summed E-state index contributed by atoms with van der Waals surface area (Å²) in [6, 6.07) is -3.03. The zero-order chi connectivity index (χ0) is 47.9. The Balaban J connectivity index is 1.44. The summed E-state index contributed by atoms with van der Waals surface area (Å²) in [5.41, 5.74) is 8.74. The molecule has 5 rings (SSSR count). The van der Waals surface area contributed by atoms with Crippen molar-refractivity contribution in [1.82, 2.24) is 10.6 Å². The number of carbonyl (C=O) groups is 2. The number of aliphatic hydroxyl groups is 12. The Bertz CT molecular complexity index is 1560. The molecule has 29 nitrogen and oxygen atoms in total. The molecule has 0 radical (unpaired) electrons. The number of rotatable bonds is 18. The van der Waals surface area contributed by atoms with Crippen LogP contribution in [0.3, 0.4) is 0 Å². The summed E-state index contributed by atoms with van der Waals surface area (Å²) in [5.74, 6) is -1.44. The van der Waals surface area contributed by atoms with E-state index in [2.05, 4.69) is 20.7 Å². The molecular weight excluding hydrogens is 886 g/mol. The second-order valence-electron chi connectivity index (χ2n) is 16.1. The summed E-state index contributed by atoms with van der Waals surface area (Å²) < 4.78 is 58.8. The molecule has 14 N–H and O–H groups in total. The van der Waals surface area contributed by atoms with Crippen molar-refractivity contribution in [3.05, 3.63) is 10.4 Å². The Kier molecular flexibility index (Phi) is 19.8. The average Bonchev–Trinajstić information content (AvgIpc) is 3.26. The maximum Gasteiger partial charge on any atom is 0.217 e. The van der Waals surface area contributed by atoms with E-state index in [0.29, 0.717) is 0 Å². The van der Waals surface area contributed by atoms with Gasteiger partial charge >= 0.3 is 0 Å². The molecule has 0 spiro atoms. The molecule has 5 fully saturated rings. The van der Waals surface area contributed by atoms with Crippen LogP contribution in [0.5, 0.6) is 0 Å². The van der Waals surface area contributed by atoms with E-state index in [1.807, 2.05) is 0 Å². The van der Waals surface area contributed by atoms with Crippen molar-refractivity contribution >= 4 is 11.8 Å². The second kappa shape index (κ2) is 24.1. The summed E-state index contributed by atoms with van der Waals surface area (Å²) in [6.07, 6.45) is -36.8. The first-order valence-electron chi connectivity index (χ1n) is 20.8. The zero-order valence-corrected chi connectivity index (χ0v) is 35.4. The van der Waals surface area contributed by atoms with Crippen molar-refractivity contribution in [3.8, 4) is 0 Å². The number of nitrogens with zero attached hydrogens (tertiary/aromatic N) is 3. The Labute approximate surface area is 370 Å². The molecule has 5 aliphatic rings. The molecule has 65 heavy (non-hydrogen) atoms. The highest BCUT2D eigenvalue weighted by Gasteiger charge is 2.57. The monoisotopic (exact) mass is 947 g/mol. The number of hydrogen-bond donors (Lipinski definition) is 14. The first-order valence-corrected chi connectivity index (χ1v) is 20.8. The SMILES string of the molecule is CC(=O)NC1[C@H](O[C@@H]2C(O)[C@H](O[C@H]3C(CO)O[C@@H](OCCN=[N+]=[N-])C(NC(C)=O)[C@H]3OC3CC(O)[C@@H](O)[C@@H](C)O3)OC(CO)[C@@H]2O)OC(CO)[C@H](O[C@@H]2OC(CO)[C@H](O)[C@H](O)C2O)[C@@H]1O. The van der Waals surface area contributed by atoms with Crippen LogP contribution in [0.25, 0.3) is 10.4 Å². The Morgan fingerprint density at radius 1 is 0.585 bits per heavy atom. The molecule has 0 bridgehead atoms. The molecule has 0 aromatic rings. The van der Waals surface area contributed by atoms with E-state index in [1.165, 1.54) is 6.92 Å². The molecule has 5 heterocycles. The van der Waals surface area contributed by atoms with Gasteiger partial charge in [0.1, 0.15) is 104 Å². The maximum absolute atomic E-state index is 12.6. The van der Waals surface area contributed by atoms with E-state index in [1.54, 1.807) is 0 Å². The molecule has 0 saturated carbocycles. The van der Waals surface area contributed by atoms with Crippen molar-refractivity contribution in [1.29, 1.82) is 0 Å². The molecule has 5 saturated heterocycles. The van der Waals surface area contributed by atoms with Crippen LogP contribution in [0.4, 0.5) is 0 Å². The second-order valence-corrected chi connectivity index (χ2v) is 16.1. The van der Waals surface area contributed by atoms with Crippen LogP contribution >= 0.6 is 0 Å². The third-order valence-electron chi connectivity index (χ3n) is 11.5. The van der Waals surface area contributed by atoms with Crippen LogP contribution in [0.1, 0.15) is 27.2 Å². The number of amides is 2. The molecular formula is C36H61N5O24. The van der Waals surface area contributed by atoms with Gasteiger partial charge in [-0.25, -0.2) is 0 Å². The van der Waals surface area contributed by atoms with Crippen molar-refractivity contribution in [2.45, 2.75) is 174 Å². The van der Waals surface area contributed by atoms with E-state index in [0.717, 1.165) is 13.8 Å². The normalized spacial score (nSPS) is 45.9. The largest absolute Gasteiger partial charge is 0.394 e. The first-order chi connectivity index (χ1) is 30.9. The Morgan fingerprint density at radius 2 is 1.11 bits per heavy atom. The van der Waals surface area contributed by atoms with Gasteiger partial charge in [-0.15, -0.1) is 0 Å². The minimum Gasteiger partial charge on any atom is -0.394 e. The number of azide groups is 1. The van der Waals surface area contributed by atoms with E-state index in [9.17, 15) is 70.9 Å². The van der Waals surface area contributed by atoms with Gasteiger partial charge in [0.2, 0.25) is 11.8 Å². The molecule has 2 amide bonds. The molecule has 5 aliphatic heterocycles. The average molecular weight is 948 g/mol. The lowest BCUT2D eigenvalue weighted by Crippen LogP contribution is -2.70. The molecule has 29 heteroatoms. The highest BCUT2D eigenvalue weighted by Crippen LogP contribution is 2.36. The Morgan fingerprint density at radius 3 is 1.69 bits per heavy atom. The van der Waals surface area contributed by atoms with Gasteiger partial charge in [-0.1, -0.05) is 5.11 Å². The first kappa shape index (κ1) is 53.3. The lowest BCUT2D eigenvalue weighted by molar-refractivity contribution is -0.383. The van der Waals surface area contributed by atoms with Crippen molar-refractivity contribution in [3.63, 3.8) is 0 Å². The quantitative estimate of drug-likeness (QED) is 0.0263. The third kappa shape index (κ3) is 12.5. The molecule has 0 aromatic carbocycles. The van der Waals surface area contributed by atoms with Gasteiger partial charge in [-0.05, 0) is 12.5 Å². The van der Waals surface area contributed by atoms with Crippen LogP contribution in [0.2, 0.25) is 0 Å². The van der Waals surface area contributed by atoms with Gasteiger partial charge < -0.3 is 119 Å². The minimum absolute atomic E-state index is 0.185. The molecule has 10 unspecified atom stereocenters. The van der Waals surface area contributed by atoms with Crippen LogP contribution in [0, 0.1) is 0 Å². The summed E-state index contributed by atoms with van der Waals surface area (Å²) in [5, 5.41) is 136. The van der Waals surface area contributed by atoms with Crippen LogP contribution in [-0.2, 0) is 57.0 Å². The molecule has 24 atom stereocenters. The smallest absolute Gasteiger partial charge is 0.217 e. The van der Waals surface area contributed by atoms with E-state index in [-0.39, 0.29) is 19.6 Å². The van der Waals surface area contributed by atoms with Gasteiger partial charge in [0.25, 0.3) is 0 Å². The van der Waals surface area contributed by atoms with Gasteiger partial charge in [0.15, 0.2) is 31.5 Å². The number of nitrogens with one attached hydrogen (secondary N) is 2. The lowest BCUT2D eigenvalue weighted by Gasteiger charge is -2.51. The summed E-state index contributed by atoms with van der Waals surface area (Å²) >= 11 is 0. The van der Waals surface area contributed by atoms with Crippen molar-refractivity contribution in [2.75, 3.05) is 39.6 Å². The van der Waals surface area contributed by atoms with Gasteiger partial charge in [-0.2, -0.15) is 0 Å². The number of ether oxygens (including phenoxy) is 10. The Hall–Kier alpha value is -2.63. The fraction of sp³-hybridized carbons (Fsp3) is 0.944. The minimum atomic E-state index is -2.11. The number of aliphatic hydroxyl groups excluding tert-OH is 12. The van der Waals surface area contributed by atoms with Crippen LogP contribution in [0.15, 0.2) is 5.11 Å². The fourth-order valence-electron chi connectivity index (χ4n) is 8.16. The molecule has 0 aliphatic carbocycles.